The molecular weight excluding hydrogens is 279 g/mol. The smallest absolute Gasteiger partial charge is 0.204 e. The molecule has 1 aliphatic rings. The molecule has 0 atom stereocenters. The molecule has 0 unspecified atom stereocenters. The number of alkyl halides is 1. The van der Waals surface area contributed by atoms with Gasteiger partial charge in [0.2, 0.25) is 5.79 Å². The summed E-state index contributed by atoms with van der Waals surface area (Å²) < 4.78 is 12.1. The van der Waals surface area contributed by atoms with Crippen LogP contribution in [0.1, 0.15) is 5.56 Å². The van der Waals surface area contributed by atoms with Gasteiger partial charge < -0.3 is 9.47 Å². The first-order valence-corrected chi connectivity index (χ1v) is 5.79. The third-order valence-corrected chi connectivity index (χ3v) is 3.15. The maximum atomic E-state index is 5.65. The lowest BCUT2D eigenvalue weighted by Crippen LogP contribution is -2.28. The average Bonchev–Trinajstić information content (AvgIpc) is 2.69. The largest absolute Gasteiger partial charge is 0.343 e. The van der Waals surface area contributed by atoms with E-state index in [1.54, 1.807) is 0 Å². The molecule has 1 heterocycles. The van der Waals surface area contributed by atoms with Crippen LogP contribution < -0.4 is 0 Å². The normalized spacial score (nSPS) is 20.4. The van der Waals surface area contributed by atoms with E-state index in [0.29, 0.717) is 13.2 Å². The first-order valence-electron chi connectivity index (χ1n) is 4.27. The number of benzene rings is 1. The Kier molecular flexibility index (Phi) is 2.86. The van der Waals surface area contributed by atoms with E-state index >= 15 is 0 Å². The van der Waals surface area contributed by atoms with Gasteiger partial charge in [-0.05, 0) is 0 Å². The molecular formula is C10H11IO2. The van der Waals surface area contributed by atoms with Gasteiger partial charge in [0.1, 0.15) is 0 Å². The predicted molar refractivity (Wildman–Crippen MR) is 58.9 cm³/mol. The van der Waals surface area contributed by atoms with Gasteiger partial charge in [0.05, 0.1) is 17.6 Å². The third-order valence-electron chi connectivity index (χ3n) is 2.14. The lowest BCUT2D eigenvalue weighted by molar-refractivity contribution is -0.142. The molecule has 13 heavy (non-hydrogen) atoms. The van der Waals surface area contributed by atoms with Crippen LogP contribution in [0.4, 0.5) is 0 Å². The van der Waals surface area contributed by atoms with Crippen molar-refractivity contribution in [1.29, 1.82) is 0 Å². The van der Waals surface area contributed by atoms with E-state index in [4.69, 9.17) is 9.47 Å². The minimum atomic E-state index is -0.484. The Morgan fingerprint density at radius 2 is 1.77 bits per heavy atom. The van der Waals surface area contributed by atoms with Crippen molar-refractivity contribution in [2.24, 2.45) is 0 Å². The van der Waals surface area contributed by atoms with E-state index in [1.807, 2.05) is 30.3 Å². The fourth-order valence-electron chi connectivity index (χ4n) is 1.47. The van der Waals surface area contributed by atoms with Crippen molar-refractivity contribution in [3.05, 3.63) is 35.9 Å². The van der Waals surface area contributed by atoms with Gasteiger partial charge in [0.25, 0.3) is 0 Å². The van der Waals surface area contributed by atoms with Crippen molar-refractivity contribution in [2.45, 2.75) is 5.79 Å². The summed E-state index contributed by atoms with van der Waals surface area (Å²) in [5.41, 5.74) is 1.11. The van der Waals surface area contributed by atoms with Crippen molar-refractivity contribution in [2.75, 3.05) is 17.6 Å². The van der Waals surface area contributed by atoms with Crippen LogP contribution in [0.2, 0.25) is 0 Å². The van der Waals surface area contributed by atoms with Crippen LogP contribution in [0, 0.1) is 0 Å². The van der Waals surface area contributed by atoms with E-state index in [0.717, 1.165) is 9.99 Å². The van der Waals surface area contributed by atoms with Crippen LogP contribution in [0.3, 0.4) is 0 Å². The molecule has 1 aromatic carbocycles. The van der Waals surface area contributed by atoms with Crippen molar-refractivity contribution in [1.82, 2.24) is 0 Å². The highest BCUT2D eigenvalue weighted by Gasteiger charge is 2.37. The lowest BCUT2D eigenvalue weighted by atomic mass is 10.1. The maximum Gasteiger partial charge on any atom is 0.204 e. The first kappa shape index (κ1) is 9.43. The summed E-state index contributed by atoms with van der Waals surface area (Å²) in [5, 5.41) is 0. The molecule has 0 amide bonds. The Morgan fingerprint density at radius 1 is 1.15 bits per heavy atom. The van der Waals surface area contributed by atoms with Crippen molar-refractivity contribution < 1.29 is 9.47 Å². The fourth-order valence-corrected chi connectivity index (χ4v) is 2.35. The highest BCUT2D eigenvalue weighted by molar-refractivity contribution is 14.1. The third kappa shape index (κ3) is 1.73. The van der Waals surface area contributed by atoms with E-state index in [1.165, 1.54) is 0 Å². The quantitative estimate of drug-likeness (QED) is 0.615. The number of halogens is 1. The Labute approximate surface area is 91.4 Å². The molecule has 1 fully saturated rings. The van der Waals surface area contributed by atoms with E-state index in [9.17, 15) is 0 Å². The van der Waals surface area contributed by atoms with Gasteiger partial charge >= 0.3 is 0 Å². The van der Waals surface area contributed by atoms with Crippen LogP contribution in [-0.2, 0) is 15.3 Å². The Morgan fingerprint density at radius 3 is 2.31 bits per heavy atom. The Balaban J connectivity index is 2.31. The van der Waals surface area contributed by atoms with Gasteiger partial charge in [-0.1, -0.05) is 52.9 Å². The second kappa shape index (κ2) is 3.94. The molecule has 0 radical (unpaired) electrons. The first-order chi connectivity index (χ1) is 6.37. The highest BCUT2D eigenvalue weighted by Crippen LogP contribution is 2.32. The van der Waals surface area contributed by atoms with Crippen LogP contribution in [0.25, 0.3) is 0 Å². The van der Waals surface area contributed by atoms with Crippen LogP contribution in [0.5, 0.6) is 0 Å². The molecule has 2 nitrogen and oxygen atoms in total. The number of ether oxygens (including phenoxy) is 2. The van der Waals surface area contributed by atoms with E-state index < -0.39 is 5.79 Å². The summed E-state index contributed by atoms with van der Waals surface area (Å²) in [5.74, 6) is -0.484. The molecule has 0 aliphatic carbocycles. The molecule has 3 heteroatoms. The molecule has 0 saturated carbocycles. The van der Waals surface area contributed by atoms with Gasteiger partial charge in [0.15, 0.2) is 0 Å². The second-order valence-corrected chi connectivity index (χ2v) is 3.71. The van der Waals surface area contributed by atoms with Gasteiger partial charge in [-0.2, -0.15) is 0 Å². The molecule has 0 aromatic heterocycles. The summed E-state index contributed by atoms with van der Waals surface area (Å²) in [6, 6.07) is 10.1. The zero-order chi connectivity index (χ0) is 9.15. The highest BCUT2D eigenvalue weighted by atomic mass is 127. The predicted octanol–water partition coefficient (Wildman–Crippen LogP) is 2.32. The molecule has 1 aromatic rings. The van der Waals surface area contributed by atoms with Crippen molar-refractivity contribution >= 4 is 22.6 Å². The fraction of sp³-hybridized carbons (Fsp3) is 0.400. The minimum Gasteiger partial charge on any atom is -0.343 e. The summed E-state index contributed by atoms with van der Waals surface area (Å²) in [6.45, 7) is 1.38. The molecule has 70 valence electrons. The summed E-state index contributed by atoms with van der Waals surface area (Å²) in [7, 11) is 0. The Hall–Kier alpha value is -0.130. The van der Waals surface area contributed by atoms with Crippen LogP contribution in [-0.4, -0.2) is 17.6 Å². The van der Waals surface area contributed by atoms with Gasteiger partial charge in [-0.3, -0.25) is 0 Å². The number of hydrogen-bond acceptors (Lipinski definition) is 2. The lowest BCUT2D eigenvalue weighted by Gasteiger charge is -2.25. The molecule has 2 rings (SSSR count). The molecule has 0 spiro atoms. The Bertz CT molecular complexity index is 268. The molecule has 1 saturated heterocycles. The average molecular weight is 290 g/mol. The monoisotopic (exact) mass is 290 g/mol. The molecule has 0 N–H and O–H groups in total. The van der Waals surface area contributed by atoms with Crippen LogP contribution >= 0.6 is 22.6 Å². The maximum absolute atomic E-state index is 5.65. The zero-order valence-electron chi connectivity index (χ0n) is 7.20. The van der Waals surface area contributed by atoms with E-state index in [-0.39, 0.29) is 0 Å². The van der Waals surface area contributed by atoms with Gasteiger partial charge in [0, 0.05) is 5.56 Å². The molecule has 0 bridgehead atoms. The van der Waals surface area contributed by atoms with Crippen molar-refractivity contribution in [3.8, 4) is 0 Å². The minimum absolute atomic E-state index is 0.484. The van der Waals surface area contributed by atoms with Gasteiger partial charge in [-0.25, -0.2) is 0 Å². The zero-order valence-corrected chi connectivity index (χ0v) is 9.36. The summed E-state index contributed by atoms with van der Waals surface area (Å²) in [6.07, 6.45) is 0. The standard InChI is InChI=1S/C10H11IO2/c11-8-10(12-6-7-13-10)9-4-2-1-3-5-9/h1-5H,6-8H2. The summed E-state index contributed by atoms with van der Waals surface area (Å²) in [4.78, 5) is 0. The second-order valence-electron chi connectivity index (χ2n) is 2.95. The van der Waals surface area contributed by atoms with Crippen molar-refractivity contribution in [3.63, 3.8) is 0 Å². The topological polar surface area (TPSA) is 18.5 Å². The van der Waals surface area contributed by atoms with Crippen LogP contribution in [0.15, 0.2) is 30.3 Å². The van der Waals surface area contributed by atoms with Gasteiger partial charge in [-0.15, -0.1) is 0 Å². The number of rotatable bonds is 2. The SMILES string of the molecule is ICC1(c2ccccc2)OCCO1. The van der Waals surface area contributed by atoms with E-state index in [2.05, 4.69) is 22.6 Å². The number of hydrogen-bond donors (Lipinski definition) is 0. The molecule has 1 aliphatic heterocycles. The summed E-state index contributed by atoms with van der Waals surface area (Å²) >= 11 is 2.30.